The molecule has 1 fully saturated rings. The predicted octanol–water partition coefficient (Wildman–Crippen LogP) is 2.43. The first-order valence-corrected chi connectivity index (χ1v) is 6.41. The molecule has 0 spiro atoms. The van der Waals surface area contributed by atoms with Crippen molar-refractivity contribution in [3.05, 3.63) is 35.6 Å². The molecule has 1 aromatic rings. The normalized spacial score (nSPS) is 25.4. The van der Waals surface area contributed by atoms with Gasteiger partial charge in [-0.25, -0.2) is 4.39 Å². The summed E-state index contributed by atoms with van der Waals surface area (Å²) in [5, 5.41) is 3.22. The minimum Gasteiger partial charge on any atom is -0.319 e. The molecule has 0 amide bonds. The van der Waals surface area contributed by atoms with Crippen molar-refractivity contribution in [3.63, 3.8) is 0 Å². The number of hydrogen-bond acceptors (Lipinski definition) is 2. The third-order valence-electron chi connectivity index (χ3n) is 3.72. The van der Waals surface area contributed by atoms with Crippen LogP contribution in [-0.2, 0) is 0 Å². The molecule has 2 rings (SSSR count). The van der Waals surface area contributed by atoms with Crippen molar-refractivity contribution in [1.29, 1.82) is 0 Å². The van der Waals surface area contributed by atoms with E-state index in [0.29, 0.717) is 5.92 Å². The van der Waals surface area contributed by atoms with Crippen molar-refractivity contribution in [2.75, 3.05) is 26.7 Å². The van der Waals surface area contributed by atoms with Crippen LogP contribution in [0.1, 0.15) is 24.9 Å². The maximum absolute atomic E-state index is 13.9. The third-order valence-corrected chi connectivity index (χ3v) is 3.72. The van der Waals surface area contributed by atoms with Crippen LogP contribution in [0.5, 0.6) is 0 Å². The largest absolute Gasteiger partial charge is 0.319 e. The highest BCUT2D eigenvalue weighted by Crippen LogP contribution is 2.37. The standard InChI is InChI=1S/C14H21FN2/c1-3-17-9-8-11(10-16-2)14(17)12-6-4-5-7-13(12)15/h4-7,11,14,16H,3,8-10H2,1-2H3. The summed E-state index contributed by atoms with van der Waals surface area (Å²) >= 11 is 0. The van der Waals surface area contributed by atoms with Crippen molar-refractivity contribution in [1.82, 2.24) is 10.2 Å². The molecule has 94 valence electrons. The third kappa shape index (κ3) is 2.50. The van der Waals surface area contributed by atoms with Crippen LogP contribution in [-0.4, -0.2) is 31.6 Å². The molecule has 1 N–H and O–H groups in total. The van der Waals surface area contributed by atoms with E-state index in [4.69, 9.17) is 0 Å². The topological polar surface area (TPSA) is 15.3 Å². The van der Waals surface area contributed by atoms with E-state index in [1.807, 2.05) is 19.2 Å². The van der Waals surface area contributed by atoms with Gasteiger partial charge < -0.3 is 5.32 Å². The molecule has 2 unspecified atom stereocenters. The highest BCUT2D eigenvalue weighted by Gasteiger charge is 2.35. The second-order valence-corrected chi connectivity index (χ2v) is 4.70. The zero-order valence-electron chi connectivity index (χ0n) is 10.6. The fraction of sp³-hybridized carbons (Fsp3) is 0.571. The molecular formula is C14H21FN2. The highest BCUT2D eigenvalue weighted by atomic mass is 19.1. The monoisotopic (exact) mass is 236 g/mol. The molecular weight excluding hydrogens is 215 g/mol. The van der Waals surface area contributed by atoms with Gasteiger partial charge in [0.05, 0.1) is 0 Å². The van der Waals surface area contributed by atoms with E-state index in [1.54, 1.807) is 12.1 Å². The molecule has 3 heteroatoms. The molecule has 0 bridgehead atoms. The van der Waals surface area contributed by atoms with Gasteiger partial charge in [0.15, 0.2) is 0 Å². The first-order valence-electron chi connectivity index (χ1n) is 6.41. The van der Waals surface area contributed by atoms with Crippen LogP contribution in [0, 0.1) is 11.7 Å². The Kier molecular flexibility index (Phi) is 4.13. The summed E-state index contributed by atoms with van der Waals surface area (Å²) in [4.78, 5) is 2.38. The molecule has 1 aliphatic rings. The lowest BCUT2D eigenvalue weighted by atomic mass is 9.93. The smallest absolute Gasteiger partial charge is 0.127 e. The summed E-state index contributed by atoms with van der Waals surface area (Å²) in [5.41, 5.74) is 0.854. The Morgan fingerprint density at radius 1 is 1.41 bits per heavy atom. The molecule has 2 atom stereocenters. The van der Waals surface area contributed by atoms with Crippen molar-refractivity contribution in [2.45, 2.75) is 19.4 Å². The zero-order chi connectivity index (χ0) is 12.3. The number of likely N-dealkylation sites (tertiary alicyclic amines) is 1. The minimum absolute atomic E-state index is 0.0704. The number of nitrogens with zero attached hydrogens (tertiary/aromatic N) is 1. The maximum atomic E-state index is 13.9. The van der Waals surface area contributed by atoms with E-state index >= 15 is 0 Å². The summed E-state index contributed by atoms with van der Waals surface area (Å²) < 4.78 is 13.9. The van der Waals surface area contributed by atoms with E-state index < -0.39 is 0 Å². The van der Waals surface area contributed by atoms with Crippen LogP contribution in [0.15, 0.2) is 24.3 Å². The van der Waals surface area contributed by atoms with Gasteiger partial charge in [-0.05, 0) is 45.1 Å². The molecule has 0 saturated carbocycles. The van der Waals surface area contributed by atoms with Gasteiger partial charge in [-0.1, -0.05) is 25.1 Å². The molecule has 0 aromatic heterocycles. The Bertz CT molecular complexity index is 367. The van der Waals surface area contributed by atoms with Gasteiger partial charge in [0.2, 0.25) is 0 Å². The van der Waals surface area contributed by atoms with E-state index in [9.17, 15) is 4.39 Å². The van der Waals surface area contributed by atoms with Gasteiger partial charge in [0.25, 0.3) is 0 Å². The highest BCUT2D eigenvalue weighted by molar-refractivity contribution is 5.23. The van der Waals surface area contributed by atoms with Crippen molar-refractivity contribution >= 4 is 0 Å². The molecule has 1 aliphatic heterocycles. The molecule has 1 heterocycles. The Morgan fingerprint density at radius 2 is 2.18 bits per heavy atom. The number of nitrogens with one attached hydrogen (secondary N) is 1. The van der Waals surface area contributed by atoms with Gasteiger partial charge in [-0.15, -0.1) is 0 Å². The molecule has 0 aliphatic carbocycles. The molecule has 2 nitrogen and oxygen atoms in total. The summed E-state index contributed by atoms with van der Waals surface area (Å²) in [7, 11) is 1.97. The molecule has 1 saturated heterocycles. The van der Waals surface area contributed by atoms with E-state index in [0.717, 1.165) is 31.6 Å². The summed E-state index contributed by atoms with van der Waals surface area (Å²) in [5.74, 6) is 0.441. The van der Waals surface area contributed by atoms with Crippen molar-refractivity contribution in [3.8, 4) is 0 Å². The lowest BCUT2D eigenvalue weighted by Crippen LogP contribution is -2.29. The number of halogens is 1. The van der Waals surface area contributed by atoms with Crippen LogP contribution >= 0.6 is 0 Å². The summed E-state index contributed by atoms with van der Waals surface area (Å²) in [6.45, 7) is 5.16. The second-order valence-electron chi connectivity index (χ2n) is 4.70. The number of hydrogen-bond donors (Lipinski definition) is 1. The molecule has 1 aromatic carbocycles. The van der Waals surface area contributed by atoms with Crippen LogP contribution in [0.3, 0.4) is 0 Å². The van der Waals surface area contributed by atoms with Crippen LogP contribution in [0.25, 0.3) is 0 Å². The lowest BCUT2D eigenvalue weighted by Gasteiger charge is -2.28. The maximum Gasteiger partial charge on any atom is 0.127 e. The summed E-state index contributed by atoms with van der Waals surface area (Å²) in [6, 6.07) is 7.42. The average molecular weight is 236 g/mol. The molecule has 0 radical (unpaired) electrons. The van der Waals surface area contributed by atoms with Crippen LogP contribution in [0.4, 0.5) is 4.39 Å². The van der Waals surface area contributed by atoms with Gasteiger partial charge in [0, 0.05) is 11.6 Å². The van der Waals surface area contributed by atoms with Crippen molar-refractivity contribution in [2.24, 2.45) is 5.92 Å². The Hall–Kier alpha value is -0.930. The lowest BCUT2D eigenvalue weighted by molar-refractivity contribution is 0.233. The van der Waals surface area contributed by atoms with E-state index in [-0.39, 0.29) is 11.9 Å². The first kappa shape index (κ1) is 12.5. The van der Waals surface area contributed by atoms with Gasteiger partial charge in [-0.3, -0.25) is 4.90 Å². The van der Waals surface area contributed by atoms with Crippen LogP contribution in [0.2, 0.25) is 0 Å². The van der Waals surface area contributed by atoms with Crippen LogP contribution < -0.4 is 5.32 Å². The Labute approximate surface area is 103 Å². The quantitative estimate of drug-likeness (QED) is 0.863. The number of rotatable bonds is 4. The summed E-state index contributed by atoms with van der Waals surface area (Å²) in [6.07, 6.45) is 1.15. The minimum atomic E-state index is -0.0704. The van der Waals surface area contributed by atoms with Gasteiger partial charge >= 0.3 is 0 Å². The average Bonchev–Trinajstić information content (AvgIpc) is 2.73. The zero-order valence-corrected chi connectivity index (χ0v) is 10.6. The van der Waals surface area contributed by atoms with E-state index in [1.165, 1.54) is 0 Å². The number of benzene rings is 1. The Morgan fingerprint density at radius 3 is 2.82 bits per heavy atom. The fourth-order valence-electron chi connectivity index (χ4n) is 2.92. The van der Waals surface area contributed by atoms with E-state index in [2.05, 4.69) is 17.1 Å². The molecule has 17 heavy (non-hydrogen) atoms. The van der Waals surface area contributed by atoms with Gasteiger partial charge in [-0.2, -0.15) is 0 Å². The van der Waals surface area contributed by atoms with Gasteiger partial charge in [0.1, 0.15) is 5.82 Å². The SMILES string of the molecule is CCN1CCC(CNC)C1c1ccccc1F. The predicted molar refractivity (Wildman–Crippen MR) is 68.4 cm³/mol. The Balaban J connectivity index is 2.28. The second kappa shape index (κ2) is 5.61. The van der Waals surface area contributed by atoms with Crippen molar-refractivity contribution < 1.29 is 4.39 Å². The fourth-order valence-corrected chi connectivity index (χ4v) is 2.92. The first-order chi connectivity index (χ1) is 8.27.